The molecule has 3 aromatic rings. The Labute approximate surface area is 144 Å². The molecular formula is C18H17N3O4. The molecule has 0 saturated heterocycles. The Bertz CT molecular complexity index is 876. The average molecular weight is 339 g/mol. The van der Waals surface area contributed by atoms with E-state index in [-0.39, 0.29) is 12.2 Å². The quantitative estimate of drug-likeness (QED) is 0.638. The Kier molecular flexibility index (Phi) is 5.03. The highest BCUT2D eigenvalue weighted by Gasteiger charge is 2.23. The van der Waals surface area contributed by atoms with Crippen LogP contribution >= 0.6 is 0 Å². The topological polar surface area (TPSA) is 82.8 Å². The molecular weight excluding hydrogens is 322 g/mol. The molecule has 0 aliphatic rings. The minimum atomic E-state index is -0.578. The summed E-state index contributed by atoms with van der Waals surface area (Å²) >= 11 is 0. The van der Waals surface area contributed by atoms with E-state index in [1.807, 2.05) is 30.3 Å². The van der Waals surface area contributed by atoms with Crippen molar-refractivity contribution in [1.82, 2.24) is 14.6 Å². The van der Waals surface area contributed by atoms with Gasteiger partial charge in [-0.05, 0) is 18.1 Å². The number of hydrogen-bond acceptors (Lipinski definition) is 6. The normalized spacial score (nSPS) is 11.9. The fourth-order valence-corrected chi connectivity index (χ4v) is 2.50. The van der Waals surface area contributed by atoms with Gasteiger partial charge >= 0.3 is 11.9 Å². The fourth-order valence-electron chi connectivity index (χ4n) is 2.50. The third-order valence-corrected chi connectivity index (χ3v) is 3.77. The lowest BCUT2D eigenvalue weighted by Crippen LogP contribution is -2.25. The molecule has 0 radical (unpaired) electrons. The zero-order chi connectivity index (χ0) is 17.6. The molecule has 128 valence electrons. The Morgan fingerprint density at radius 2 is 2.00 bits per heavy atom. The summed E-state index contributed by atoms with van der Waals surface area (Å²) in [6.45, 7) is -0.0788. The van der Waals surface area contributed by atoms with E-state index in [1.54, 1.807) is 18.5 Å². The predicted octanol–water partition coefficient (Wildman–Crippen LogP) is 1.92. The van der Waals surface area contributed by atoms with E-state index in [1.165, 1.54) is 17.8 Å². The fraction of sp³-hybridized carbons (Fsp3) is 0.222. The van der Waals surface area contributed by atoms with Crippen LogP contribution < -0.4 is 0 Å². The van der Waals surface area contributed by atoms with Gasteiger partial charge in [-0.25, -0.2) is 14.3 Å². The van der Waals surface area contributed by atoms with Crippen molar-refractivity contribution in [1.29, 1.82) is 0 Å². The van der Waals surface area contributed by atoms with Gasteiger partial charge in [-0.2, -0.15) is 5.10 Å². The second kappa shape index (κ2) is 7.57. The molecule has 0 aliphatic carbocycles. The zero-order valence-corrected chi connectivity index (χ0v) is 13.7. The number of carbonyl (C=O) groups is 2. The summed E-state index contributed by atoms with van der Waals surface area (Å²) in [7, 11) is 1.32. The van der Waals surface area contributed by atoms with E-state index in [0.29, 0.717) is 12.1 Å². The van der Waals surface area contributed by atoms with Crippen molar-refractivity contribution in [2.24, 2.45) is 5.92 Å². The third kappa shape index (κ3) is 3.82. The van der Waals surface area contributed by atoms with Gasteiger partial charge in [0.05, 0.1) is 19.2 Å². The summed E-state index contributed by atoms with van der Waals surface area (Å²) in [5, 5.41) is 4.05. The van der Waals surface area contributed by atoms with Gasteiger partial charge in [0.1, 0.15) is 12.2 Å². The van der Waals surface area contributed by atoms with Gasteiger partial charge in [0.2, 0.25) is 0 Å². The number of aromatic nitrogens is 3. The molecule has 1 aromatic carbocycles. The summed E-state index contributed by atoms with van der Waals surface area (Å²) in [5.41, 5.74) is 1.63. The summed E-state index contributed by atoms with van der Waals surface area (Å²) in [5.74, 6) is -1.57. The SMILES string of the molecule is COC(=O)C(COC(=O)c1cnn2cccnc12)Cc1ccccc1. The number of hydrogen-bond donors (Lipinski definition) is 0. The number of nitrogens with zero attached hydrogens (tertiary/aromatic N) is 3. The molecule has 0 aliphatic heterocycles. The first-order chi connectivity index (χ1) is 12.2. The molecule has 2 heterocycles. The molecule has 3 rings (SSSR count). The summed E-state index contributed by atoms with van der Waals surface area (Å²) in [6.07, 6.45) is 5.08. The molecule has 0 saturated carbocycles. The highest BCUT2D eigenvalue weighted by Crippen LogP contribution is 2.14. The van der Waals surface area contributed by atoms with E-state index in [2.05, 4.69) is 10.1 Å². The van der Waals surface area contributed by atoms with Crippen molar-refractivity contribution >= 4 is 17.6 Å². The van der Waals surface area contributed by atoms with Crippen molar-refractivity contribution in [3.05, 3.63) is 66.1 Å². The van der Waals surface area contributed by atoms with Crippen LogP contribution in [0.2, 0.25) is 0 Å². The first-order valence-electron chi connectivity index (χ1n) is 7.76. The lowest BCUT2D eigenvalue weighted by Gasteiger charge is -2.14. The highest BCUT2D eigenvalue weighted by atomic mass is 16.5. The molecule has 25 heavy (non-hydrogen) atoms. The van der Waals surface area contributed by atoms with Gasteiger partial charge in [-0.1, -0.05) is 30.3 Å². The molecule has 0 spiro atoms. The third-order valence-electron chi connectivity index (χ3n) is 3.77. The number of ether oxygens (including phenoxy) is 2. The van der Waals surface area contributed by atoms with E-state index in [4.69, 9.17) is 9.47 Å². The number of carbonyl (C=O) groups excluding carboxylic acids is 2. The summed E-state index contributed by atoms with van der Waals surface area (Å²) in [4.78, 5) is 28.4. The van der Waals surface area contributed by atoms with Crippen molar-refractivity contribution in [3.63, 3.8) is 0 Å². The molecule has 7 nitrogen and oxygen atoms in total. The maximum atomic E-state index is 12.3. The number of benzene rings is 1. The molecule has 0 amide bonds. The van der Waals surface area contributed by atoms with Crippen molar-refractivity contribution in [2.45, 2.75) is 6.42 Å². The van der Waals surface area contributed by atoms with Crippen LogP contribution in [-0.4, -0.2) is 40.3 Å². The van der Waals surface area contributed by atoms with Crippen LogP contribution in [0.3, 0.4) is 0 Å². The number of methoxy groups -OCH3 is 1. The smallest absolute Gasteiger partial charge is 0.343 e. The average Bonchev–Trinajstić information content (AvgIpc) is 3.09. The van der Waals surface area contributed by atoms with Crippen molar-refractivity contribution in [3.8, 4) is 0 Å². The van der Waals surface area contributed by atoms with Gasteiger partial charge < -0.3 is 9.47 Å². The van der Waals surface area contributed by atoms with Gasteiger partial charge in [-0.3, -0.25) is 4.79 Å². The molecule has 0 N–H and O–H groups in total. The van der Waals surface area contributed by atoms with E-state index >= 15 is 0 Å². The van der Waals surface area contributed by atoms with Gasteiger partial charge in [0.25, 0.3) is 0 Å². The maximum Gasteiger partial charge on any atom is 0.343 e. The molecule has 2 aromatic heterocycles. The standard InChI is InChI=1S/C18H17N3O4/c1-24-17(22)14(10-13-6-3-2-4-7-13)12-25-18(23)15-11-20-21-9-5-8-19-16(15)21/h2-9,11,14H,10,12H2,1H3. The Morgan fingerprint density at radius 3 is 2.76 bits per heavy atom. The number of fused-ring (bicyclic) bond motifs is 1. The van der Waals surface area contributed by atoms with Crippen LogP contribution in [0.25, 0.3) is 5.65 Å². The van der Waals surface area contributed by atoms with Crippen LogP contribution in [0.1, 0.15) is 15.9 Å². The van der Waals surface area contributed by atoms with Crippen molar-refractivity contribution < 1.29 is 19.1 Å². The highest BCUT2D eigenvalue weighted by molar-refractivity contribution is 5.95. The van der Waals surface area contributed by atoms with Gasteiger partial charge in [0, 0.05) is 12.4 Å². The van der Waals surface area contributed by atoms with Gasteiger partial charge in [0.15, 0.2) is 5.65 Å². The van der Waals surface area contributed by atoms with E-state index in [9.17, 15) is 9.59 Å². The molecule has 1 unspecified atom stereocenters. The first-order valence-corrected chi connectivity index (χ1v) is 7.76. The minimum absolute atomic E-state index is 0.0788. The number of esters is 2. The minimum Gasteiger partial charge on any atom is -0.469 e. The second-order valence-corrected chi connectivity index (χ2v) is 5.45. The lowest BCUT2D eigenvalue weighted by atomic mass is 10.0. The molecule has 0 fully saturated rings. The Hall–Kier alpha value is -3.22. The molecule has 0 bridgehead atoms. The van der Waals surface area contributed by atoms with Crippen LogP contribution in [0.4, 0.5) is 0 Å². The van der Waals surface area contributed by atoms with Crippen LogP contribution in [-0.2, 0) is 20.7 Å². The monoisotopic (exact) mass is 339 g/mol. The lowest BCUT2D eigenvalue weighted by molar-refractivity contribution is -0.146. The number of rotatable bonds is 6. The van der Waals surface area contributed by atoms with Crippen molar-refractivity contribution in [2.75, 3.05) is 13.7 Å². The van der Waals surface area contributed by atoms with Crippen LogP contribution in [0.5, 0.6) is 0 Å². The Balaban J connectivity index is 1.70. The van der Waals surface area contributed by atoms with E-state index in [0.717, 1.165) is 5.56 Å². The molecule has 7 heteroatoms. The zero-order valence-electron chi connectivity index (χ0n) is 13.7. The van der Waals surface area contributed by atoms with Crippen LogP contribution in [0.15, 0.2) is 55.0 Å². The second-order valence-electron chi connectivity index (χ2n) is 5.45. The predicted molar refractivity (Wildman–Crippen MR) is 88.9 cm³/mol. The summed E-state index contributed by atoms with van der Waals surface area (Å²) in [6, 6.07) is 11.2. The summed E-state index contributed by atoms with van der Waals surface area (Å²) < 4.78 is 11.6. The molecule has 1 atom stereocenters. The van der Waals surface area contributed by atoms with Gasteiger partial charge in [-0.15, -0.1) is 0 Å². The maximum absolute atomic E-state index is 12.3. The largest absolute Gasteiger partial charge is 0.469 e. The van der Waals surface area contributed by atoms with E-state index < -0.39 is 17.9 Å². The first kappa shape index (κ1) is 16.6. The van der Waals surface area contributed by atoms with Crippen LogP contribution in [0, 0.1) is 5.92 Å². The Morgan fingerprint density at radius 1 is 1.20 bits per heavy atom.